The van der Waals surface area contributed by atoms with E-state index >= 15 is 0 Å². The maximum atomic E-state index is 12.9. The molecule has 1 aromatic rings. The molecular formula is C20H31F3N4O3. The number of amides is 2. The highest BCUT2D eigenvalue weighted by atomic mass is 19.4. The monoisotopic (exact) mass is 432 g/mol. The third kappa shape index (κ3) is 6.20. The Bertz CT molecular complexity index is 727. The highest BCUT2D eigenvalue weighted by Crippen LogP contribution is 2.30. The van der Waals surface area contributed by atoms with Crippen molar-refractivity contribution in [2.45, 2.75) is 76.1 Å². The van der Waals surface area contributed by atoms with Crippen LogP contribution in [0.25, 0.3) is 0 Å². The number of carbonyl (C=O) groups excluding carboxylic acids is 2. The van der Waals surface area contributed by atoms with Crippen LogP contribution in [0.4, 0.5) is 13.2 Å². The minimum atomic E-state index is -5.08. The Balaban J connectivity index is 2.00. The Morgan fingerprint density at radius 1 is 1.30 bits per heavy atom. The number of nitrogens with zero attached hydrogens (tertiary/aromatic N) is 2. The third-order valence-corrected chi connectivity index (χ3v) is 5.83. The summed E-state index contributed by atoms with van der Waals surface area (Å²) in [5.74, 6) is -1.77. The Labute approximate surface area is 174 Å². The summed E-state index contributed by atoms with van der Waals surface area (Å²) in [6, 6.07) is -0.494. The van der Waals surface area contributed by atoms with Crippen molar-refractivity contribution >= 4 is 11.8 Å². The quantitative estimate of drug-likeness (QED) is 0.588. The molecule has 3 N–H and O–H groups in total. The zero-order valence-corrected chi connectivity index (χ0v) is 17.6. The topological polar surface area (TPSA) is 96.2 Å². The molecule has 0 radical (unpaired) electrons. The average molecular weight is 432 g/mol. The van der Waals surface area contributed by atoms with Crippen molar-refractivity contribution in [3.63, 3.8) is 0 Å². The van der Waals surface area contributed by atoms with Crippen molar-refractivity contribution in [1.82, 2.24) is 20.4 Å². The third-order valence-electron chi connectivity index (χ3n) is 5.83. The Kier molecular flexibility index (Phi) is 7.90. The van der Waals surface area contributed by atoms with E-state index in [0.29, 0.717) is 6.92 Å². The summed E-state index contributed by atoms with van der Waals surface area (Å²) in [6.07, 6.45) is 3.30. The predicted octanol–water partition coefficient (Wildman–Crippen LogP) is 2.41. The van der Waals surface area contributed by atoms with Gasteiger partial charge in [0, 0.05) is 32.3 Å². The second-order valence-electron chi connectivity index (χ2n) is 8.40. The standard InChI is InChI=1S/C20H31F3N4O3/c1-13(15-10-25-27(3)12-15)9-17(28)26-16(14-7-5-4-6-8-14)11-24-18(29)19(2,30)20(21,22)23/h10,12-14,16,30H,4-9,11H2,1-3H3,(H,24,29)(H,26,28). The maximum Gasteiger partial charge on any atom is 0.426 e. The average Bonchev–Trinajstić information content (AvgIpc) is 3.11. The summed E-state index contributed by atoms with van der Waals surface area (Å²) < 4.78 is 40.3. The zero-order valence-electron chi connectivity index (χ0n) is 17.6. The van der Waals surface area contributed by atoms with Gasteiger partial charge in [-0.05, 0) is 37.2 Å². The van der Waals surface area contributed by atoms with Crippen LogP contribution in [0.5, 0.6) is 0 Å². The molecule has 1 heterocycles. The van der Waals surface area contributed by atoms with Gasteiger partial charge in [0.2, 0.25) is 11.5 Å². The van der Waals surface area contributed by atoms with Crippen molar-refractivity contribution in [3.8, 4) is 0 Å². The molecule has 2 rings (SSSR count). The van der Waals surface area contributed by atoms with Crippen LogP contribution in [0.3, 0.4) is 0 Å². The maximum absolute atomic E-state index is 12.9. The second-order valence-corrected chi connectivity index (χ2v) is 8.40. The van der Waals surface area contributed by atoms with E-state index in [1.807, 2.05) is 13.1 Å². The van der Waals surface area contributed by atoms with Crippen LogP contribution in [-0.4, -0.2) is 51.1 Å². The van der Waals surface area contributed by atoms with Crippen LogP contribution in [0, 0.1) is 5.92 Å². The van der Waals surface area contributed by atoms with E-state index in [0.717, 1.165) is 37.7 Å². The van der Waals surface area contributed by atoms with Crippen molar-refractivity contribution in [1.29, 1.82) is 0 Å². The van der Waals surface area contributed by atoms with Crippen LogP contribution in [-0.2, 0) is 16.6 Å². The van der Waals surface area contributed by atoms with Crippen LogP contribution in [0.2, 0.25) is 0 Å². The lowest BCUT2D eigenvalue weighted by molar-refractivity contribution is -0.245. The van der Waals surface area contributed by atoms with Crippen LogP contribution in [0.1, 0.15) is 63.9 Å². The van der Waals surface area contributed by atoms with E-state index in [9.17, 15) is 27.9 Å². The molecule has 7 nitrogen and oxygen atoms in total. The summed E-state index contributed by atoms with van der Waals surface area (Å²) in [6.45, 7) is 2.16. The van der Waals surface area contributed by atoms with Gasteiger partial charge in [-0.3, -0.25) is 14.3 Å². The molecule has 3 unspecified atom stereocenters. The second kappa shape index (κ2) is 9.80. The molecule has 2 amide bonds. The number of aryl methyl sites for hydroxylation is 1. The number of alkyl halides is 3. The van der Waals surface area contributed by atoms with Crippen LogP contribution < -0.4 is 10.6 Å². The van der Waals surface area contributed by atoms with Gasteiger partial charge in [-0.15, -0.1) is 0 Å². The summed E-state index contributed by atoms with van der Waals surface area (Å²) >= 11 is 0. The predicted molar refractivity (Wildman–Crippen MR) is 104 cm³/mol. The number of halogens is 3. The fourth-order valence-electron chi connectivity index (χ4n) is 3.73. The lowest BCUT2D eigenvalue weighted by atomic mass is 9.83. The molecule has 0 bridgehead atoms. The molecule has 0 saturated heterocycles. The van der Waals surface area contributed by atoms with Gasteiger partial charge in [-0.25, -0.2) is 0 Å². The summed E-state index contributed by atoms with van der Waals surface area (Å²) in [4.78, 5) is 24.6. The smallest absolute Gasteiger partial charge is 0.373 e. The van der Waals surface area contributed by atoms with Crippen LogP contribution in [0.15, 0.2) is 12.4 Å². The minimum absolute atomic E-state index is 0.0625. The highest BCUT2D eigenvalue weighted by molar-refractivity contribution is 5.85. The van der Waals surface area contributed by atoms with E-state index in [4.69, 9.17) is 0 Å². The molecular weight excluding hydrogens is 401 g/mol. The van der Waals surface area contributed by atoms with E-state index in [1.54, 1.807) is 17.9 Å². The summed E-state index contributed by atoms with van der Waals surface area (Å²) in [5, 5.41) is 18.7. The van der Waals surface area contributed by atoms with E-state index in [1.165, 1.54) is 0 Å². The lowest BCUT2D eigenvalue weighted by Crippen LogP contribution is -2.57. The molecule has 3 atom stereocenters. The molecule has 0 aromatic carbocycles. The molecule has 1 aromatic heterocycles. The summed E-state index contributed by atoms with van der Waals surface area (Å²) in [5.41, 5.74) is -2.57. The van der Waals surface area contributed by atoms with Gasteiger partial charge >= 0.3 is 6.18 Å². The van der Waals surface area contributed by atoms with E-state index < -0.39 is 23.7 Å². The normalized spacial score (nSPS) is 19.6. The summed E-state index contributed by atoms with van der Waals surface area (Å²) in [7, 11) is 1.79. The molecule has 0 aliphatic heterocycles. The van der Waals surface area contributed by atoms with Gasteiger partial charge < -0.3 is 15.7 Å². The number of rotatable bonds is 8. The number of hydrogen-bond acceptors (Lipinski definition) is 4. The van der Waals surface area contributed by atoms with Crippen molar-refractivity contribution < 1.29 is 27.9 Å². The molecule has 10 heteroatoms. The van der Waals surface area contributed by atoms with Gasteiger partial charge in [0.25, 0.3) is 5.91 Å². The Hall–Kier alpha value is -2.10. The molecule has 30 heavy (non-hydrogen) atoms. The largest absolute Gasteiger partial charge is 0.426 e. The molecule has 1 saturated carbocycles. The number of aromatic nitrogens is 2. The Morgan fingerprint density at radius 3 is 2.47 bits per heavy atom. The lowest BCUT2D eigenvalue weighted by Gasteiger charge is -2.32. The van der Waals surface area contributed by atoms with Crippen molar-refractivity contribution in [2.75, 3.05) is 6.54 Å². The van der Waals surface area contributed by atoms with Gasteiger partial charge in [0.15, 0.2) is 0 Å². The molecule has 170 valence electrons. The molecule has 1 aliphatic rings. The number of carbonyl (C=O) groups is 2. The van der Waals surface area contributed by atoms with Gasteiger partial charge in [-0.2, -0.15) is 18.3 Å². The number of hydrogen-bond donors (Lipinski definition) is 3. The van der Waals surface area contributed by atoms with Crippen molar-refractivity contribution in [3.05, 3.63) is 18.0 Å². The van der Waals surface area contributed by atoms with Crippen LogP contribution >= 0.6 is 0 Å². The molecule has 0 spiro atoms. The minimum Gasteiger partial charge on any atom is -0.373 e. The fraction of sp³-hybridized carbons (Fsp3) is 0.750. The number of aliphatic hydroxyl groups is 1. The van der Waals surface area contributed by atoms with E-state index in [-0.39, 0.29) is 30.7 Å². The highest BCUT2D eigenvalue weighted by Gasteiger charge is 2.55. The Morgan fingerprint density at radius 2 is 1.93 bits per heavy atom. The van der Waals surface area contributed by atoms with Crippen molar-refractivity contribution in [2.24, 2.45) is 13.0 Å². The molecule has 1 fully saturated rings. The zero-order chi connectivity index (χ0) is 22.5. The van der Waals surface area contributed by atoms with Gasteiger partial charge in [0.05, 0.1) is 6.20 Å². The fourth-order valence-corrected chi connectivity index (χ4v) is 3.73. The first-order chi connectivity index (χ1) is 13.9. The van der Waals surface area contributed by atoms with Gasteiger partial charge in [0.1, 0.15) is 0 Å². The first kappa shape index (κ1) is 24.2. The van der Waals surface area contributed by atoms with E-state index in [2.05, 4.69) is 15.7 Å². The SMILES string of the molecule is CC(CC(=O)NC(CNC(=O)C(C)(O)C(F)(F)F)C1CCCCC1)c1cnn(C)c1. The number of nitrogens with one attached hydrogen (secondary N) is 2. The molecule has 1 aliphatic carbocycles. The first-order valence-corrected chi connectivity index (χ1v) is 10.3. The van der Waals surface area contributed by atoms with Gasteiger partial charge in [-0.1, -0.05) is 26.2 Å². The first-order valence-electron chi connectivity index (χ1n) is 10.3.